The van der Waals surface area contributed by atoms with E-state index in [1.54, 1.807) is 18.2 Å². The van der Waals surface area contributed by atoms with Crippen molar-refractivity contribution in [2.24, 2.45) is 0 Å². The van der Waals surface area contributed by atoms with Crippen molar-refractivity contribution in [3.8, 4) is 10.6 Å². The summed E-state index contributed by atoms with van der Waals surface area (Å²) in [6, 6.07) is 5.00. The average molecular weight is 299 g/mol. The maximum atomic E-state index is 14.0. The van der Waals surface area contributed by atoms with Crippen molar-refractivity contribution in [2.45, 2.75) is 26.8 Å². The minimum Gasteiger partial charge on any atom is -0.312 e. The number of nitrogens with zero attached hydrogens (tertiary/aromatic N) is 1. The molecule has 1 N–H and O–H groups in total. The Morgan fingerprint density at radius 3 is 2.95 bits per heavy atom. The van der Waals surface area contributed by atoms with Gasteiger partial charge in [-0.15, -0.1) is 11.3 Å². The number of thiazole rings is 1. The highest BCUT2D eigenvalue weighted by atomic mass is 35.5. The molecule has 5 heteroatoms. The van der Waals surface area contributed by atoms with Gasteiger partial charge in [-0.3, -0.25) is 0 Å². The van der Waals surface area contributed by atoms with Crippen molar-refractivity contribution < 1.29 is 4.39 Å². The molecule has 0 saturated heterocycles. The third-order valence-corrected chi connectivity index (χ3v) is 4.27. The first-order valence-electron chi connectivity index (χ1n) is 6.25. The van der Waals surface area contributed by atoms with Crippen molar-refractivity contribution in [1.82, 2.24) is 10.3 Å². The highest BCUT2D eigenvalue weighted by Gasteiger charge is 2.14. The van der Waals surface area contributed by atoms with E-state index in [1.807, 2.05) is 6.92 Å². The first kappa shape index (κ1) is 14.4. The van der Waals surface area contributed by atoms with Crippen molar-refractivity contribution in [1.29, 1.82) is 0 Å². The second-order valence-corrected chi connectivity index (χ2v) is 5.80. The lowest BCUT2D eigenvalue weighted by atomic mass is 10.2. The molecule has 1 aromatic carbocycles. The Balaban J connectivity index is 2.26. The van der Waals surface area contributed by atoms with Crippen molar-refractivity contribution in [3.05, 3.63) is 39.6 Å². The summed E-state index contributed by atoms with van der Waals surface area (Å²) in [5.74, 6) is -0.397. The van der Waals surface area contributed by atoms with Crippen LogP contribution in [-0.4, -0.2) is 11.5 Å². The molecule has 19 heavy (non-hydrogen) atoms. The summed E-state index contributed by atoms with van der Waals surface area (Å²) in [6.45, 7) is 5.82. The summed E-state index contributed by atoms with van der Waals surface area (Å²) in [7, 11) is 0. The van der Waals surface area contributed by atoms with Crippen LogP contribution in [0.3, 0.4) is 0 Å². The van der Waals surface area contributed by atoms with E-state index < -0.39 is 5.82 Å². The molecule has 102 valence electrons. The lowest BCUT2D eigenvalue weighted by Crippen LogP contribution is -2.13. The van der Waals surface area contributed by atoms with E-state index in [-0.39, 0.29) is 5.02 Å². The maximum Gasteiger partial charge on any atom is 0.152 e. The molecule has 0 unspecified atom stereocenters. The predicted molar refractivity (Wildman–Crippen MR) is 79.3 cm³/mol. The second-order valence-electron chi connectivity index (χ2n) is 4.31. The van der Waals surface area contributed by atoms with Gasteiger partial charge in [-0.1, -0.05) is 24.6 Å². The minimum atomic E-state index is -0.397. The number of aromatic nitrogens is 1. The van der Waals surface area contributed by atoms with Crippen LogP contribution in [0.1, 0.15) is 23.9 Å². The molecule has 1 heterocycles. The fraction of sp³-hybridized carbons (Fsp3) is 0.357. The van der Waals surface area contributed by atoms with Crippen LogP contribution in [0.25, 0.3) is 10.6 Å². The second kappa shape index (κ2) is 6.46. The van der Waals surface area contributed by atoms with E-state index in [0.717, 1.165) is 30.1 Å². The number of hydrogen-bond donors (Lipinski definition) is 1. The van der Waals surface area contributed by atoms with Gasteiger partial charge in [-0.2, -0.15) is 0 Å². The van der Waals surface area contributed by atoms with Gasteiger partial charge in [0.1, 0.15) is 5.01 Å². The number of rotatable bonds is 5. The van der Waals surface area contributed by atoms with Gasteiger partial charge in [0, 0.05) is 17.0 Å². The van der Waals surface area contributed by atoms with Crippen LogP contribution in [0.2, 0.25) is 5.02 Å². The number of aryl methyl sites for hydroxylation is 1. The zero-order chi connectivity index (χ0) is 13.8. The fourth-order valence-corrected chi connectivity index (χ4v) is 2.98. The van der Waals surface area contributed by atoms with Crippen molar-refractivity contribution in [2.75, 3.05) is 6.54 Å². The standard InChI is InChI=1S/C14H16ClFN2S/c1-3-7-17-8-12-9(2)18-14(19-12)10-5-4-6-11(15)13(10)16/h4-6,17H,3,7-8H2,1-2H3. The molecular formula is C14H16ClFN2S. The summed E-state index contributed by atoms with van der Waals surface area (Å²) in [5.41, 5.74) is 1.42. The van der Waals surface area contributed by atoms with Gasteiger partial charge in [0.2, 0.25) is 0 Å². The number of benzene rings is 1. The molecule has 2 rings (SSSR count). The lowest BCUT2D eigenvalue weighted by molar-refractivity contribution is 0.631. The Bertz CT molecular complexity index is 569. The first-order chi connectivity index (χ1) is 9.13. The molecule has 0 aliphatic rings. The van der Waals surface area contributed by atoms with Gasteiger partial charge >= 0.3 is 0 Å². The lowest BCUT2D eigenvalue weighted by Gasteiger charge is -2.00. The highest BCUT2D eigenvalue weighted by molar-refractivity contribution is 7.15. The van der Waals surface area contributed by atoms with Crippen LogP contribution in [-0.2, 0) is 6.54 Å². The molecule has 2 aromatic rings. The average Bonchev–Trinajstić information content (AvgIpc) is 2.75. The Hall–Kier alpha value is -0.970. The normalized spacial score (nSPS) is 10.9. The SMILES string of the molecule is CCCNCc1sc(-c2cccc(Cl)c2F)nc1C. The zero-order valence-corrected chi connectivity index (χ0v) is 12.5. The molecule has 0 atom stereocenters. The van der Waals surface area contributed by atoms with Gasteiger partial charge in [-0.25, -0.2) is 9.37 Å². The minimum absolute atomic E-state index is 0.135. The van der Waals surface area contributed by atoms with Gasteiger partial charge in [0.05, 0.1) is 10.7 Å². The molecule has 0 radical (unpaired) electrons. The Kier molecular flexibility index (Phi) is 4.91. The van der Waals surface area contributed by atoms with E-state index in [0.29, 0.717) is 10.6 Å². The Morgan fingerprint density at radius 2 is 2.21 bits per heavy atom. The maximum absolute atomic E-state index is 14.0. The third kappa shape index (κ3) is 3.32. The first-order valence-corrected chi connectivity index (χ1v) is 7.44. The smallest absolute Gasteiger partial charge is 0.152 e. The molecule has 0 saturated carbocycles. The highest BCUT2D eigenvalue weighted by Crippen LogP contribution is 2.32. The van der Waals surface area contributed by atoms with E-state index in [2.05, 4.69) is 17.2 Å². The van der Waals surface area contributed by atoms with E-state index >= 15 is 0 Å². The van der Waals surface area contributed by atoms with E-state index in [1.165, 1.54) is 11.3 Å². The predicted octanol–water partition coefficient (Wildman–Crippen LogP) is 4.41. The molecule has 0 aliphatic carbocycles. The van der Waals surface area contributed by atoms with Gasteiger partial charge in [0.25, 0.3) is 0 Å². The summed E-state index contributed by atoms with van der Waals surface area (Å²) in [5, 5.41) is 4.15. The van der Waals surface area contributed by atoms with Crippen LogP contribution in [0.4, 0.5) is 4.39 Å². The molecule has 2 nitrogen and oxygen atoms in total. The van der Waals surface area contributed by atoms with Crippen LogP contribution >= 0.6 is 22.9 Å². The third-order valence-electron chi connectivity index (χ3n) is 2.79. The zero-order valence-electron chi connectivity index (χ0n) is 11.0. The van der Waals surface area contributed by atoms with Crippen LogP contribution < -0.4 is 5.32 Å². The Labute approximate surface area is 121 Å². The van der Waals surface area contributed by atoms with E-state index in [4.69, 9.17) is 11.6 Å². The number of hydrogen-bond acceptors (Lipinski definition) is 3. The fourth-order valence-electron chi connectivity index (χ4n) is 1.75. The summed E-state index contributed by atoms with van der Waals surface area (Å²) >= 11 is 7.32. The molecule has 0 aliphatic heterocycles. The van der Waals surface area contributed by atoms with Crippen LogP contribution in [0, 0.1) is 12.7 Å². The van der Waals surface area contributed by atoms with Crippen molar-refractivity contribution >= 4 is 22.9 Å². The topological polar surface area (TPSA) is 24.9 Å². The number of halogens is 2. The summed E-state index contributed by atoms with van der Waals surface area (Å²) in [4.78, 5) is 5.58. The quantitative estimate of drug-likeness (QED) is 0.827. The molecule has 0 bridgehead atoms. The largest absolute Gasteiger partial charge is 0.312 e. The number of nitrogens with one attached hydrogen (secondary N) is 1. The van der Waals surface area contributed by atoms with Gasteiger partial charge < -0.3 is 5.32 Å². The summed E-state index contributed by atoms with van der Waals surface area (Å²) in [6.07, 6.45) is 1.09. The molecular weight excluding hydrogens is 283 g/mol. The molecule has 0 amide bonds. The van der Waals surface area contributed by atoms with E-state index in [9.17, 15) is 4.39 Å². The van der Waals surface area contributed by atoms with Gasteiger partial charge in [0.15, 0.2) is 5.82 Å². The monoisotopic (exact) mass is 298 g/mol. The molecule has 0 fully saturated rings. The Morgan fingerprint density at radius 1 is 1.42 bits per heavy atom. The molecule has 0 spiro atoms. The van der Waals surface area contributed by atoms with Crippen molar-refractivity contribution in [3.63, 3.8) is 0 Å². The molecule has 1 aromatic heterocycles. The van der Waals surface area contributed by atoms with Gasteiger partial charge in [-0.05, 0) is 32.0 Å². The van der Waals surface area contributed by atoms with Crippen LogP contribution in [0.15, 0.2) is 18.2 Å². The summed E-state index contributed by atoms with van der Waals surface area (Å²) < 4.78 is 14.0. The van der Waals surface area contributed by atoms with Crippen LogP contribution in [0.5, 0.6) is 0 Å².